The minimum atomic E-state index is -0.177. The number of benzene rings is 1. The molecule has 0 bridgehead atoms. The van der Waals surface area contributed by atoms with Crippen LogP contribution in [-0.4, -0.2) is 16.0 Å². The first-order valence-electron chi connectivity index (χ1n) is 5.53. The number of allylic oxidation sites excluding steroid dienone is 1. The highest BCUT2D eigenvalue weighted by Crippen LogP contribution is 2.33. The van der Waals surface area contributed by atoms with Crippen molar-refractivity contribution in [2.45, 2.75) is 25.7 Å². The summed E-state index contributed by atoms with van der Waals surface area (Å²) < 4.78 is 0.665. The van der Waals surface area contributed by atoms with Crippen molar-refractivity contribution < 1.29 is 15.0 Å². The van der Waals surface area contributed by atoms with Crippen molar-refractivity contribution in [1.82, 2.24) is 0 Å². The summed E-state index contributed by atoms with van der Waals surface area (Å²) in [5, 5.41) is 18.7. The summed E-state index contributed by atoms with van der Waals surface area (Å²) >= 11 is 3.30. The second-order valence-electron chi connectivity index (χ2n) is 4.16. The van der Waals surface area contributed by atoms with E-state index in [0.717, 1.165) is 24.8 Å². The monoisotopic (exact) mass is 296 g/mol. The molecule has 0 heterocycles. The molecule has 0 saturated heterocycles. The molecule has 0 aromatic heterocycles. The van der Waals surface area contributed by atoms with Crippen molar-refractivity contribution in [2.75, 3.05) is 0 Å². The zero-order valence-corrected chi connectivity index (χ0v) is 10.8. The molecule has 1 aliphatic rings. The van der Waals surface area contributed by atoms with E-state index < -0.39 is 0 Å². The highest BCUT2D eigenvalue weighted by atomic mass is 79.9. The fraction of sp³-hybridized carbons (Fsp3) is 0.308. The average molecular weight is 297 g/mol. The van der Waals surface area contributed by atoms with Gasteiger partial charge in [0.25, 0.3) is 0 Å². The SMILES string of the molecule is O=C1CCCCC1=Cc1cc(O)c(O)cc1Br. The van der Waals surface area contributed by atoms with E-state index in [1.54, 1.807) is 6.08 Å². The molecule has 1 saturated carbocycles. The van der Waals surface area contributed by atoms with Gasteiger partial charge < -0.3 is 10.2 Å². The number of carbonyl (C=O) groups excluding carboxylic acids is 1. The molecule has 1 aliphatic carbocycles. The summed E-state index contributed by atoms with van der Waals surface area (Å²) in [7, 11) is 0. The molecular formula is C13H13BrO3. The van der Waals surface area contributed by atoms with Crippen LogP contribution < -0.4 is 0 Å². The second kappa shape index (κ2) is 4.92. The van der Waals surface area contributed by atoms with Crippen LogP contribution in [0.1, 0.15) is 31.2 Å². The molecule has 90 valence electrons. The van der Waals surface area contributed by atoms with Crippen LogP contribution in [0.25, 0.3) is 6.08 Å². The molecule has 0 aliphatic heterocycles. The molecule has 1 fully saturated rings. The van der Waals surface area contributed by atoms with Crippen LogP contribution in [0.2, 0.25) is 0 Å². The Hall–Kier alpha value is -1.29. The lowest BCUT2D eigenvalue weighted by molar-refractivity contribution is -0.116. The van der Waals surface area contributed by atoms with E-state index in [4.69, 9.17) is 0 Å². The highest BCUT2D eigenvalue weighted by molar-refractivity contribution is 9.10. The molecule has 1 aromatic rings. The number of halogens is 1. The first kappa shape index (κ1) is 12.2. The Morgan fingerprint density at radius 3 is 2.47 bits per heavy atom. The summed E-state index contributed by atoms with van der Waals surface area (Å²) in [5.74, 6) is -0.173. The van der Waals surface area contributed by atoms with Gasteiger partial charge in [-0.15, -0.1) is 0 Å². The average Bonchev–Trinajstić information content (AvgIpc) is 2.29. The van der Waals surface area contributed by atoms with Crippen LogP contribution in [0.3, 0.4) is 0 Å². The quantitative estimate of drug-likeness (QED) is 0.617. The molecule has 2 N–H and O–H groups in total. The van der Waals surface area contributed by atoms with Gasteiger partial charge in [-0.2, -0.15) is 0 Å². The Labute approximate surface area is 108 Å². The zero-order valence-electron chi connectivity index (χ0n) is 9.24. The third-order valence-electron chi connectivity index (χ3n) is 2.88. The summed E-state index contributed by atoms with van der Waals surface area (Å²) in [5.41, 5.74) is 1.51. The van der Waals surface area contributed by atoms with Crippen molar-refractivity contribution in [3.05, 3.63) is 27.7 Å². The van der Waals surface area contributed by atoms with Crippen LogP contribution in [0.4, 0.5) is 0 Å². The van der Waals surface area contributed by atoms with E-state index in [0.29, 0.717) is 16.5 Å². The highest BCUT2D eigenvalue weighted by Gasteiger charge is 2.15. The summed E-state index contributed by atoms with van der Waals surface area (Å²) in [6.07, 6.45) is 5.16. The van der Waals surface area contributed by atoms with Crippen molar-refractivity contribution in [2.24, 2.45) is 0 Å². The molecule has 0 unspecified atom stereocenters. The molecular weight excluding hydrogens is 284 g/mol. The Morgan fingerprint density at radius 1 is 1.12 bits per heavy atom. The molecule has 0 spiro atoms. The standard InChI is InChI=1S/C13H13BrO3/c14-10-7-13(17)12(16)6-9(10)5-8-3-1-2-4-11(8)15/h5-7,16-17H,1-4H2. The van der Waals surface area contributed by atoms with Crippen LogP contribution in [0.15, 0.2) is 22.2 Å². The van der Waals surface area contributed by atoms with E-state index in [1.807, 2.05) is 0 Å². The van der Waals surface area contributed by atoms with E-state index in [-0.39, 0.29) is 17.3 Å². The maximum atomic E-state index is 11.7. The molecule has 0 radical (unpaired) electrons. The Morgan fingerprint density at radius 2 is 1.76 bits per heavy atom. The minimum Gasteiger partial charge on any atom is -0.504 e. The van der Waals surface area contributed by atoms with E-state index in [1.165, 1.54) is 12.1 Å². The zero-order chi connectivity index (χ0) is 12.4. The van der Waals surface area contributed by atoms with Gasteiger partial charge in [0.2, 0.25) is 0 Å². The smallest absolute Gasteiger partial charge is 0.158 e. The van der Waals surface area contributed by atoms with Gasteiger partial charge in [-0.3, -0.25) is 4.79 Å². The van der Waals surface area contributed by atoms with Crippen LogP contribution in [-0.2, 0) is 4.79 Å². The third kappa shape index (κ3) is 2.69. The first-order chi connectivity index (χ1) is 8.08. The maximum absolute atomic E-state index is 11.7. The van der Waals surface area contributed by atoms with E-state index >= 15 is 0 Å². The number of phenols is 2. The lowest BCUT2D eigenvalue weighted by Gasteiger charge is -2.13. The van der Waals surface area contributed by atoms with Crippen LogP contribution in [0, 0.1) is 0 Å². The number of phenolic OH excluding ortho intramolecular Hbond substituents is 2. The molecule has 0 atom stereocenters. The van der Waals surface area contributed by atoms with Gasteiger partial charge in [0.05, 0.1) is 0 Å². The summed E-state index contributed by atoms with van der Waals surface area (Å²) in [6, 6.07) is 2.88. The Kier molecular flexibility index (Phi) is 3.52. The number of ketones is 1. The normalized spacial score (nSPS) is 18.6. The van der Waals surface area contributed by atoms with Gasteiger partial charge in [-0.05, 0) is 48.6 Å². The van der Waals surface area contributed by atoms with Gasteiger partial charge in [0.1, 0.15) is 0 Å². The Balaban J connectivity index is 2.37. The van der Waals surface area contributed by atoms with E-state index in [9.17, 15) is 15.0 Å². The van der Waals surface area contributed by atoms with Crippen molar-refractivity contribution in [1.29, 1.82) is 0 Å². The fourth-order valence-corrected chi connectivity index (χ4v) is 2.37. The van der Waals surface area contributed by atoms with Crippen molar-refractivity contribution in [3.63, 3.8) is 0 Å². The second-order valence-corrected chi connectivity index (χ2v) is 5.02. The van der Waals surface area contributed by atoms with Gasteiger partial charge >= 0.3 is 0 Å². The number of rotatable bonds is 1. The molecule has 4 heteroatoms. The molecule has 17 heavy (non-hydrogen) atoms. The number of carbonyl (C=O) groups is 1. The third-order valence-corrected chi connectivity index (χ3v) is 3.57. The minimum absolute atomic E-state index is 0.172. The molecule has 1 aromatic carbocycles. The number of Topliss-reactive ketones (excluding diaryl/α,β-unsaturated/α-hetero) is 1. The maximum Gasteiger partial charge on any atom is 0.158 e. The molecule has 2 rings (SSSR count). The summed E-state index contributed by atoms with van der Waals surface area (Å²) in [4.78, 5) is 11.7. The van der Waals surface area contributed by atoms with Gasteiger partial charge in [0.15, 0.2) is 17.3 Å². The molecule has 0 amide bonds. The lowest BCUT2D eigenvalue weighted by Crippen LogP contribution is -2.08. The van der Waals surface area contributed by atoms with E-state index in [2.05, 4.69) is 15.9 Å². The number of aromatic hydroxyl groups is 2. The van der Waals surface area contributed by atoms with Crippen molar-refractivity contribution >= 4 is 27.8 Å². The topological polar surface area (TPSA) is 57.5 Å². The molecule has 3 nitrogen and oxygen atoms in total. The predicted molar refractivity (Wildman–Crippen MR) is 68.9 cm³/mol. The fourth-order valence-electron chi connectivity index (χ4n) is 1.92. The van der Waals surface area contributed by atoms with Crippen molar-refractivity contribution in [3.8, 4) is 11.5 Å². The first-order valence-corrected chi connectivity index (χ1v) is 6.32. The summed E-state index contributed by atoms with van der Waals surface area (Å²) in [6.45, 7) is 0. The van der Waals surface area contributed by atoms with Crippen LogP contribution in [0.5, 0.6) is 11.5 Å². The van der Waals surface area contributed by atoms with Gasteiger partial charge in [-0.25, -0.2) is 0 Å². The largest absolute Gasteiger partial charge is 0.504 e. The van der Waals surface area contributed by atoms with Gasteiger partial charge in [-0.1, -0.05) is 15.9 Å². The predicted octanol–water partition coefficient (Wildman–Crippen LogP) is 3.39. The number of hydrogen-bond donors (Lipinski definition) is 2. The Bertz CT molecular complexity index is 492. The van der Waals surface area contributed by atoms with Gasteiger partial charge in [0, 0.05) is 10.9 Å². The van der Waals surface area contributed by atoms with Crippen LogP contribution >= 0.6 is 15.9 Å². The number of hydrogen-bond acceptors (Lipinski definition) is 3. The lowest BCUT2D eigenvalue weighted by atomic mass is 9.92.